The molecule has 0 radical (unpaired) electrons. The summed E-state index contributed by atoms with van der Waals surface area (Å²) in [6, 6.07) is 3.55. The highest BCUT2D eigenvalue weighted by Crippen LogP contribution is 2.11. The van der Waals surface area contributed by atoms with Gasteiger partial charge in [-0.25, -0.2) is 0 Å². The smallest absolute Gasteiger partial charge is 0.298 e. The van der Waals surface area contributed by atoms with Crippen molar-refractivity contribution in [2.24, 2.45) is 0 Å². The van der Waals surface area contributed by atoms with Gasteiger partial charge in [0.1, 0.15) is 6.20 Å². The molecule has 66 valence electrons. The van der Waals surface area contributed by atoms with Crippen LogP contribution in [0.1, 0.15) is 0 Å². The lowest BCUT2D eigenvalue weighted by Crippen LogP contribution is -2.35. The second-order valence-corrected chi connectivity index (χ2v) is 3.30. The fourth-order valence-electron chi connectivity index (χ4n) is 0.877. The molecule has 0 saturated heterocycles. The third-order valence-corrected chi connectivity index (χ3v) is 2.35. The molecule has 2 rings (SSSR count). The molecule has 0 unspecified atom stereocenters. The van der Waals surface area contributed by atoms with Crippen molar-refractivity contribution in [3.8, 4) is 11.6 Å². The Labute approximate surface area is 87.1 Å². The van der Waals surface area contributed by atoms with Crippen molar-refractivity contribution in [3.05, 3.63) is 28.2 Å². The second-order valence-electron chi connectivity index (χ2n) is 2.27. The van der Waals surface area contributed by atoms with Gasteiger partial charge in [-0.2, -0.15) is 0 Å². The Morgan fingerprint density at radius 1 is 1.54 bits per heavy atom. The molecule has 0 aliphatic rings. The van der Waals surface area contributed by atoms with Crippen LogP contribution in [0.25, 0.3) is 5.69 Å². The summed E-state index contributed by atoms with van der Waals surface area (Å²) >= 11 is 1.87. The van der Waals surface area contributed by atoms with Crippen LogP contribution in [0.2, 0.25) is 0 Å². The van der Waals surface area contributed by atoms with Gasteiger partial charge in [0.2, 0.25) is 0 Å². The maximum absolute atomic E-state index is 10.9. The van der Waals surface area contributed by atoms with E-state index in [1.807, 2.05) is 22.6 Å². The maximum Gasteiger partial charge on any atom is 0.298 e. The summed E-state index contributed by atoms with van der Waals surface area (Å²) in [5.41, 5.74) is 0.706. The van der Waals surface area contributed by atoms with E-state index < -0.39 is 5.95 Å². The molecule has 0 atom stereocenters. The van der Waals surface area contributed by atoms with E-state index in [1.165, 1.54) is 4.68 Å². The number of hydrogen-bond donors (Lipinski definition) is 0. The molecule has 0 fully saturated rings. The summed E-state index contributed by atoms with van der Waals surface area (Å²) in [6.45, 7) is 0. The van der Waals surface area contributed by atoms with E-state index in [2.05, 4.69) is 14.8 Å². The zero-order chi connectivity index (χ0) is 9.26. The van der Waals surface area contributed by atoms with Gasteiger partial charge in [-0.05, 0) is 10.7 Å². The topological polar surface area (TPSA) is 65.9 Å². The van der Waals surface area contributed by atoms with Crippen molar-refractivity contribution < 1.29 is 14.3 Å². The molecular weight excluding hydrogens is 285 g/mol. The first-order chi connectivity index (χ1) is 6.29. The Hall–Kier alpha value is -1.18. The van der Waals surface area contributed by atoms with Crippen LogP contribution < -0.4 is 9.79 Å². The minimum Gasteiger partial charge on any atom is -0.538 e. The first-order valence-corrected chi connectivity index (χ1v) is 4.52. The highest BCUT2D eigenvalue weighted by Gasteiger charge is 2.16. The molecule has 6 heteroatoms. The fourth-order valence-corrected chi connectivity index (χ4v) is 1.34. The van der Waals surface area contributed by atoms with Crippen LogP contribution in [0.4, 0.5) is 0 Å². The largest absolute Gasteiger partial charge is 0.538 e. The van der Waals surface area contributed by atoms with Crippen LogP contribution in [0.5, 0.6) is 5.95 Å². The molecule has 0 N–H and O–H groups in total. The highest BCUT2D eigenvalue weighted by molar-refractivity contribution is 14.1. The third-order valence-electron chi connectivity index (χ3n) is 1.45. The summed E-state index contributed by atoms with van der Waals surface area (Å²) in [5.74, 6) is -0.440. The van der Waals surface area contributed by atoms with Crippen molar-refractivity contribution >= 4 is 22.6 Å². The highest BCUT2D eigenvalue weighted by atomic mass is 127. The molecule has 0 spiro atoms. The van der Waals surface area contributed by atoms with Gasteiger partial charge >= 0.3 is 0 Å². The zero-order valence-corrected chi connectivity index (χ0v) is 8.50. The molecule has 2 aromatic heterocycles. The molecule has 0 aromatic carbocycles. The number of rotatable bonds is 1. The van der Waals surface area contributed by atoms with Crippen LogP contribution in [0.15, 0.2) is 29.0 Å². The lowest BCUT2D eigenvalue weighted by atomic mass is 10.4. The van der Waals surface area contributed by atoms with Crippen LogP contribution in [-0.4, -0.2) is 10.3 Å². The van der Waals surface area contributed by atoms with Crippen molar-refractivity contribution in [2.45, 2.75) is 0 Å². The van der Waals surface area contributed by atoms with E-state index in [-0.39, 0.29) is 0 Å². The minimum absolute atomic E-state index is 0.408. The second kappa shape index (κ2) is 3.29. The van der Waals surface area contributed by atoms with Gasteiger partial charge in [0.25, 0.3) is 9.39 Å². The van der Waals surface area contributed by atoms with Gasteiger partial charge in [-0.1, -0.05) is 0 Å². The number of pyridine rings is 1. The Balaban J connectivity index is 2.53. The Bertz CT molecular complexity index is 415. The van der Waals surface area contributed by atoms with Crippen molar-refractivity contribution in [3.63, 3.8) is 0 Å². The van der Waals surface area contributed by atoms with Crippen LogP contribution in [0.3, 0.4) is 0 Å². The standard InChI is InChI=1S/C7H4IN3O2/c8-6-7(12)13-10-11(6)5-2-1-3-9-4-5/h1-4H. The van der Waals surface area contributed by atoms with Crippen molar-refractivity contribution in [1.82, 2.24) is 10.3 Å². The van der Waals surface area contributed by atoms with E-state index in [9.17, 15) is 5.11 Å². The molecule has 0 aliphatic carbocycles. The van der Waals surface area contributed by atoms with E-state index in [0.29, 0.717) is 9.39 Å². The number of halogens is 1. The Morgan fingerprint density at radius 3 is 2.92 bits per heavy atom. The summed E-state index contributed by atoms with van der Waals surface area (Å²) in [4.78, 5) is 3.90. The predicted octanol–water partition coefficient (Wildman–Crippen LogP) is 0.0245. The molecule has 0 saturated carbocycles. The number of nitrogens with zero attached hydrogens (tertiary/aromatic N) is 3. The van der Waals surface area contributed by atoms with Crippen molar-refractivity contribution in [1.29, 1.82) is 0 Å². The molecule has 0 amide bonds. The predicted molar refractivity (Wildman–Crippen MR) is 48.0 cm³/mol. The average Bonchev–Trinajstić information content (AvgIpc) is 2.49. The van der Waals surface area contributed by atoms with Crippen LogP contribution in [-0.2, 0) is 0 Å². The minimum atomic E-state index is -0.440. The van der Waals surface area contributed by atoms with Gasteiger partial charge in [-0.15, -0.1) is 0 Å². The van der Waals surface area contributed by atoms with Gasteiger partial charge in [0, 0.05) is 34.9 Å². The molecule has 0 bridgehead atoms. The molecule has 0 aliphatic heterocycles. The van der Waals surface area contributed by atoms with E-state index in [1.54, 1.807) is 24.5 Å². The number of hydrogen-bond acceptors (Lipinski definition) is 4. The lowest BCUT2D eigenvalue weighted by molar-refractivity contribution is -0.682. The molecule has 13 heavy (non-hydrogen) atoms. The van der Waals surface area contributed by atoms with Gasteiger partial charge in [-0.3, -0.25) is 4.98 Å². The summed E-state index contributed by atoms with van der Waals surface area (Å²) in [7, 11) is 0. The SMILES string of the molecule is [O-]c1on[n+](-c2cccnc2)c1I. The summed E-state index contributed by atoms with van der Waals surface area (Å²) in [6.07, 6.45) is 3.25. The maximum atomic E-state index is 10.9. The lowest BCUT2D eigenvalue weighted by Gasteiger charge is -1.87. The van der Waals surface area contributed by atoms with Crippen molar-refractivity contribution in [2.75, 3.05) is 0 Å². The first-order valence-electron chi connectivity index (χ1n) is 3.44. The van der Waals surface area contributed by atoms with Crippen LogP contribution in [0, 0.1) is 3.70 Å². The van der Waals surface area contributed by atoms with E-state index in [4.69, 9.17) is 0 Å². The summed E-state index contributed by atoms with van der Waals surface area (Å²) < 4.78 is 6.28. The molecule has 2 heterocycles. The van der Waals surface area contributed by atoms with E-state index >= 15 is 0 Å². The summed E-state index contributed by atoms with van der Waals surface area (Å²) in [5, 5.41) is 14.5. The third kappa shape index (κ3) is 1.48. The van der Waals surface area contributed by atoms with Gasteiger partial charge in [0.15, 0.2) is 5.95 Å². The number of aromatic nitrogens is 3. The monoisotopic (exact) mass is 289 g/mol. The van der Waals surface area contributed by atoms with Gasteiger partial charge < -0.3 is 9.63 Å². The molecule has 5 nitrogen and oxygen atoms in total. The molecular formula is C7H4IN3O2. The Morgan fingerprint density at radius 2 is 2.38 bits per heavy atom. The van der Waals surface area contributed by atoms with E-state index in [0.717, 1.165) is 0 Å². The Kier molecular flexibility index (Phi) is 2.13. The van der Waals surface area contributed by atoms with Crippen LogP contribution >= 0.6 is 22.6 Å². The van der Waals surface area contributed by atoms with Gasteiger partial charge in [0.05, 0.1) is 5.27 Å². The average molecular weight is 289 g/mol. The molecule has 2 aromatic rings. The first kappa shape index (κ1) is 8.42. The zero-order valence-electron chi connectivity index (χ0n) is 6.35. The quantitative estimate of drug-likeness (QED) is 0.548. The normalized spacial score (nSPS) is 10.2. The fraction of sp³-hybridized carbons (Fsp3) is 0.